The van der Waals surface area contributed by atoms with Gasteiger partial charge in [0.25, 0.3) is 0 Å². The molecular formula is C11H14FNO. The fraction of sp³-hybridized carbons (Fsp3) is 0.273. The molecule has 0 fully saturated rings. The van der Waals surface area contributed by atoms with Crippen LogP contribution in [-0.2, 0) is 0 Å². The molecule has 0 aliphatic carbocycles. The van der Waals surface area contributed by atoms with Crippen molar-refractivity contribution >= 4 is 5.69 Å². The Morgan fingerprint density at radius 2 is 2.29 bits per heavy atom. The SMILES string of the molecule is C/C=C/CNc1cc(OC)ccc1F. The molecule has 0 heterocycles. The molecule has 0 aliphatic rings. The number of rotatable bonds is 4. The van der Waals surface area contributed by atoms with Gasteiger partial charge in [0.05, 0.1) is 12.8 Å². The summed E-state index contributed by atoms with van der Waals surface area (Å²) in [4.78, 5) is 0. The largest absolute Gasteiger partial charge is 0.497 e. The van der Waals surface area contributed by atoms with Crippen molar-refractivity contribution in [2.45, 2.75) is 6.92 Å². The summed E-state index contributed by atoms with van der Waals surface area (Å²) in [5.74, 6) is 0.379. The summed E-state index contributed by atoms with van der Waals surface area (Å²) in [6.45, 7) is 2.53. The van der Waals surface area contributed by atoms with Gasteiger partial charge in [-0.25, -0.2) is 4.39 Å². The van der Waals surface area contributed by atoms with Crippen LogP contribution in [0.2, 0.25) is 0 Å². The molecule has 0 unspecified atom stereocenters. The normalized spacial score (nSPS) is 10.5. The van der Waals surface area contributed by atoms with Crippen LogP contribution in [0.4, 0.5) is 10.1 Å². The molecule has 1 rings (SSSR count). The maximum atomic E-state index is 13.2. The van der Waals surface area contributed by atoms with Gasteiger partial charge in [0.1, 0.15) is 11.6 Å². The Balaban J connectivity index is 2.73. The molecule has 0 aliphatic heterocycles. The van der Waals surface area contributed by atoms with Gasteiger partial charge >= 0.3 is 0 Å². The van der Waals surface area contributed by atoms with Gasteiger partial charge in [-0.3, -0.25) is 0 Å². The minimum atomic E-state index is -0.268. The van der Waals surface area contributed by atoms with E-state index in [1.54, 1.807) is 19.2 Å². The van der Waals surface area contributed by atoms with Gasteiger partial charge < -0.3 is 10.1 Å². The number of halogens is 1. The number of anilines is 1. The average molecular weight is 195 g/mol. The maximum Gasteiger partial charge on any atom is 0.146 e. The molecule has 1 aromatic rings. The molecule has 0 saturated carbocycles. The van der Waals surface area contributed by atoms with E-state index >= 15 is 0 Å². The zero-order chi connectivity index (χ0) is 10.4. The van der Waals surface area contributed by atoms with Crippen LogP contribution in [-0.4, -0.2) is 13.7 Å². The van der Waals surface area contributed by atoms with Crippen LogP contribution >= 0.6 is 0 Å². The molecule has 76 valence electrons. The van der Waals surface area contributed by atoms with Crippen LogP contribution in [0.1, 0.15) is 6.92 Å². The summed E-state index contributed by atoms with van der Waals surface area (Å²) in [6, 6.07) is 4.62. The highest BCUT2D eigenvalue weighted by atomic mass is 19.1. The molecule has 2 nitrogen and oxygen atoms in total. The Kier molecular flexibility index (Phi) is 3.98. The van der Waals surface area contributed by atoms with E-state index in [0.29, 0.717) is 18.0 Å². The zero-order valence-corrected chi connectivity index (χ0v) is 8.38. The predicted molar refractivity (Wildman–Crippen MR) is 56.3 cm³/mol. The molecule has 3 heteroatoms. The third kappa shape index (κ3) is 2.76. The lowest BCUT2D eigenvalue weighted by Gasteiger charge is -2.06. The highest BCUT2D eigenvalue weighted by Crippen LogP contribution is 2.20. The Labute approximate surface area is 83.4 Å². The quantitative estimate of drug-likeness (QED) is 0.746. The summed E-state index contributed by atoms with van der Waals surface area (Å²) < 4.78 is 18.2. The molecule has 0 atom stereocenters. The van der Waals surface area contributed by atoms with Gasteiger partial charge in [-0.15, -0.1) is 0 Å². The van der Waals surface area contributed by atoms with Crippen LogP contribution in [0.5, 0.6) is 5.75 Å². The van der Waals surface area contributed by atoms with Gasteiger partial charge in [0, 0.05) is 12.6 Å². The van der Waals surface area contributed by atoms with E-state index < -0.39 is 0 Å². The highest BCUT2D eigenvalue weighted by molar-refractivity contribution is 5.49. The Bertz CT molecular complexity index is 323. The van der Waals surface area contributed by atoms with E-state index in [4.69, 9.17) is 4.74 Å². The first-order valence-corrected chi connectivity index (χ1v) is 4.46. The van der Waals surface area contributed by atoms with Crippen molar-refractivity contribution in [2.24, 2.45) is 0 Å². The number of nitrogens with one attached hydrogen (secondary N) is 1. The minimum absolute atomic E-state index is 0.268. The molecule has 14 heavy (non-hydrogen) atoms. The molecule has 0 aromatic heterocycles. The van der Waals surface area contributed by atoms with Crippen LogP contribution < -0.4 is 10.1 Å². The monoisotopic (exact) mass is 195 g/mol. The van der Waals surface area contributed by atoms with Crippen molar-refractivity contribution < 1.29 is 9.13 Å². The second-order valence-electron chi connectivity index (χ2n) is 2.80. The summed E-state index contributed by atoms with van der Waals surface area (Å²) >= 11 is 0. The highest BCUT2D eigenvalue weighted by Gasteiger charge is 2.01. The van der Waals surface area contributed by atoms with E-state index in [2.05, 4.69) is 5.32 Å². The molecule has 0 radical (unpaired) electrons. The van der Waals surface area contributed by atoms with Gasteiger partial charge in [0.15, 0.2) is 0 Å². The summed E-state index contributed by atoms with van der Waals surface area (Å²) in [6.07, 6.45) is 3.82. The van der Waals surface area contributed by atoms with Crippen LogP contribution in [0, 0.1) is 5.82 Å². The lowest BCUT2D eigenvalue weighted by molar-refractivity contribution is 0.414. The first kappa shape index (κ1) is 10.6. The molecule has 0 saturated heterocycles. The second kappa shape index (κ2) is 5.27. The third-order valence-electron chi connectivity index (χ3n) is 1.82. The number of ether oxygens (including phenoxy) is 1. The molecular weight excluding hydrogens is 181 g/mol. The lowest BCUT2D eigenvalue weighted by Crippen LogP contribution is -2.00. The summed E-state index contributed by atoms with van der Waals surface area (Å²) in [5.41, 5.74) is 0.461. The Morgan fingerprint density at radius 1 is 1.50 bits per heavy atom. The van der Waals surface area contributed by atoms with Crippen molar-refractivity contribution in [3.63, 3.8) is 0 Å². The van der Waals surface area contributed by atoms with Crippen LogP contribution in [0.15, 0.2) is 30.4 Å². The van der Waals surface area contributed by atoms with Crippen LogP contribution in [0.3, 0.4) is 0 Å². The van der Waals surface area contributed by atoms with Crippen molar-refractivity contribution in [1.29, 1.82) is 0 Å². The average Bonchev–Trinajstić information content (AvgIpc) is 2.21. The van der Waals surface area contributed by atoms with E-state index in [0.717, 1.165) is 0 Å². The molecule has 0 amide bonds. The van der Waals surface area contributed by atoms with Crippen molar-refractivity contribution in [2.75, 3.05) is 19.0 Å². The number of allylic oxidation sites excluding steroid dienone is 1. The standard InChI is InChI=1S/C11H14FNO/c1-3-4-7-13-11-8-9(14-2)5-6-10(11)12/h3-6,8,13H,7H2,1-2H3/b4-3+. The third-order valence-corrected chi connectivity index (χ3v) is 1.82. The van der Waals surface area contributed by atoms with Gasteiger partial charge in [0.2, 0.25) is 0 Å². The van der Waals surface area contributed by atoms with Crippen molar-refractivity contribution in [3.05, 3.63) is 36.2 Å². The second-order valence-corrected chi connectivity index (χ2v) is 2.80. The first-order chi connectivity index (χ1) is 6.77. The Hall–Kier alpha value is -1.51. The number of hydrogen-bond donors (Lipinski definition) is 1. The molecule has 0 spiro atoms. The van der Waals surface area contributed by atoms with E-state index in [1.807, 2.05) is 19.1 Å². The van der Waals surface area contributed by atoms with E-state index in [9.17, 15) is 4.39 Å². The van der Waals surface area contributed by atoms with Crippen molar-refractivity contribution in [1.82, 2.24) is 0 Å². The van der Waals surface area contributed by atoms with E-state index in [-0.39, 0.29) is 5.82 Å². The van der Waals surface area contributed by atoms with Crippen LogP contribution in [0.25, 0.3) is 0 Å². The molecule has 1 aromatic carbocycles. The Morgan fingerprint density at radius 3 is 2.93 bits per heavy atom. The maximum absolute atomic E-state index is 13.2. The number of hydrogen-bond acceptors (Lipinski definition) is 2. The van der Waals surface area contributed by atoms with Gasteiger partial charge in [-0.2, -0.15) is 0 Å². The summed E-state index contributed by atoms with van der Waals surface area (Å²) in [5, 5.41) is 2.95. The number of benzene rings is 1. The fourth-order valence-electron chi connectivity index (χ4n) is 1.05. The van der Waals surface area contributed by atoms with Gasteiger partial charge in [-0.05, 0) is 19.1 Å². The predicted octanol–water partition coefficient (Wildman–Crippen LogP) is 2.82. The van der Waals surface area contributed by atoms with Crippen molar-refractivity contribution in [3.8, 4) is 5.75 Å². The lowest BCUT2D eigenvalue weighted by atomic mass is 10.3. The fourth-order valence-corrected chi connectivity index (χ4v) is 1.05. The smallest absolute Gasteiger partial charge is 0.146 e. The topological polar surface area (TPSA) is 21.3 Å². The van der Waals surface area contributed by atoms with Gasteiger partial charge in [-0.1, -0.05) is 12.2 Å². The molecule has 1 N–H and O–H groups in total. The zero-order valence-electron chi connectivity index (χ0n) is 8.38. The molecule has 0 bridgehead atoms. The first-order valence-electron chi connectivity index (χ1n) is 4.46. The van der Waals surface area contributed by atoms with E-state index in [1.165, 1.54) is 6.07 Å². The minimum Gasteiger partial charge on any atom is -0.497 e. The number of methoxy groups -OCH3 is 1. The summed E-state index contributed by atoms with van der Waals surface area (Å²) in [7, 11) is 1.56.